The number of benzene rings is 2. The van der Waals surface area contributed by atoms with Gasteiger partial charge >= 0.3 is 0 Å². The van der Waals surface area contributed by atoms with Crippen molar-refractivity contribution in [2.75, 3.05) is 18.0 Å². The molecule has 6 nitrogen and oxygen atoms in total. The molecule has 0 spiro atoms. The zero-order valence-electron chi connectivity index (χ0n) is 17.2. The predicted molar refractivity (Wildman–Crippen MR) is 125 cm³/mol. The number of aliphatic imine (C=N–C) groups is 1. The number of hydrogen-bond donors (Lipinski definition) is 1. The summed E-state index contributed by atoms with van der Waals surface area (Å²) >= 11 is 1.31. The van der Waals surface area contributed by atoms with Crippen LogP contribution in [-0.4, -0.2) is 40.1 Å². The molecular formula is C23H23N5OS. The number of hydrogen-bond acceptors (Lipinski definition) is 5. The maximum Gasteiger partial charge on any atom is 0.283 e. The highest BCUT2D eigenvalue weighted by molar-refractivity contribution is 8.27. The minimum absolute atomic E-state index is 0.0485. The number of hydrazone groups is 1. The van der Waals surface area contributed by atoms with Crippen LogP contribution in [0.1, 0.15) is 30.5 Å². The number of anilines is 1. The van der Waals surface area contributed by atoms with Gasteiger partial charge in [-0.05, 0) is 56.3 Å². The topological polar surface area (TPSA) is 72.1 Å². The molecule has 0 unspecified atom stereocenters. The van der Waals surface area contributed by atoms with Crippen LogP contribution in [0, 0.1) is 12.3 Å². The molecule has 0 saturated heterocycles. The Morgan fingerprint density at radius 1 is 1.07 bits per heavy atom. The van der Waals surface area contributed by atoms with Gasteiger partial charge in [0, 0.05) is 24.3 Å². The van der Waals surface area contributed by atoms with Gasteiger partial charge in [-0.15, -0.1) is 0 Å². The molecule has 0 radical (unpaired) electrons. The summed E-state index contributed by atoms with van der Waals surface area (Å²) in [6, 6.07) is 16.0. The van der Waals surface area contributed by atoms with E-state index in [2.05, 4.69) is 28.8 Å². The van der Waals surface area contributed by atoms with E-state index in [1.807, 2.05) is 55.5 Å². The lowest BCUT2D eigenvalue weighted by molar-refractivity contribution is -0.114. The van der Waals surface area contributed by atoms with Crippen LogP contribution < -0.4 is 4.90 Å². The number of amidine groups is 2. The van der Waals surface area contributed by atoms with Crippen molar-refractivity contribution in [2.24, 2.45) is 10.1 Å². The van der Waals surface area contributed by atoms with E-state index in [1.165, 1.54) is 16.8 Å². The third-order valence-electron chi connectivity index (χ3n) is 5.09. The van der Waals surface area contributed by atoms with Crippen molar-refractivity contribution in [2.45, 2.75) is 20.8 Å². The summed E-state index contributed by atoms with van der Waals surface area (Å²) in [5.41, 5.74) is 4.34. The quantitative estimate of drug-likeness (QED) is 0.727. The maximum atomic E-state index is 12.6. The van der Waals surface area contributed by atoms with Crippen molar-refractivity contribution >= 4 is 45.5 Å². The van der Waals surface area contributed by atoms with Crippen LogP contribution in [-0.2, 0) is 4.79 Å². The van der Waals surface area contributed by atoms with Gasteiger partial charge in [0.1, 0.15) is 5.04 Å². The highest BCUT2D eigenvalue weighted by Gasteiger charge is 2.35. The molecule has 2 aromatic rings. The predicted octanol–water partition coefficient (Wildman–Crippen LogP) is 4.51. The fourth-order valence-corrected chi connectivity index (χ4v) is 4.24. The molecule has 0 aromatic heterocycles. The Kier molecular flexibility index (Phi) is 5.55. The molecule has 4 rings (SSSR count). The van der Waals surface area contributed by atoms with Crippen LogP contribution in [0.4, 0.5) is 5.69 Å². The number of aryl methyl sites for hydroxylation is 1. The second-order valence-electron chi connectivity index (χ2n) is 7.06. The first-order valence-corrected chi connectivity index (χ1v) is 10.7. The van der Waals surface area contributed by atoms with Crippen molar-refractivity contribution in [3.8, 4) is 0 Å². The Hall–Kier alpha value is -3.19. The van der Waals surface area contributed by atoms with Crippen molar-refractivity contribution in [3.63, 3.8) is 0 Å². The lowest BCUT2D eigenvalue weighted by Crippen LogP contribution is -2.35. The van der Waals surface area contributed by atoms with Crippen LogP contribution >= 0.6 is 11.8 Å². The Labute approximate surface area is 180 Å². The van der Waals surface area contributed by atoms with Gasteiger partial charge in [0.25, 0.3) is 5.91 Å². The van der Waals surface area contributed by atoms with E-state index in [-0.39, 0.29) is 11.4 Å². The van der Waals surface area contributed by atoms with Gasteiger partial charge in [0.2, 0.25) is 5.17 Å². The standard InChI is InChI=1S/C23H23N5OS/c1-4-27(5-2)18-12-8-16(9-13-18)14-19-20(24)28-23(25-21(19)29)30-22(26-28)17-10-6-15(3)7-11-17/h6-14,24H,4-5H2,1-3H3/b19-14-,24-20?. The smallest absolute Gasteiger partial charge is 0.283 e. The number of carbonyl (C=O) groups excluding carboxylic acids is 1. The zero-order valence-corrected chi connectivity index (χ0v) is 18.0. The average Bonchev–Trinajstić information content (AvgIpc) is 3.17. The van der Waals surface area contributed by atoms with Crippen molar-refractivity contribution in [1.29, 1.82) is 5.41 Å². The molecule has 152 valence electrons. The molecule has 2 aliphatic heterocycles. The summed E-state index contributed by atoms with van der Waals surface area (Å²) in [5, 5.41) is 15.7. The van der Waals surface area contributed by atoms with E-state index in [9.17, 15) is 4.79 Å². The number of carbonyl (C=O) groups is 1. The normalized spacial score (nSPS) is 17.2. The monoisotopic (exact) mass is 417 g/mol. The van der Waals surface area contributed by atoms with E-state index in [0.29, 0.717) is 5.17 Å². The van der Waals surface area contributed by atoms with Crippen molar-refractivity contribution in [3.05, 3.63) is 70.8 Å². The molecule has 0 saturated carbocycles. The van der Waals surface area contributed by atoms with Crippen molar-refractivity contribution in [1.82, 2.24) is 5.01 Å². The number of rotatable bonds is 5. The second kappa shape index (κ2) is 8.28. The summed E-state index contributed by atoms with van der Waals surface area (Å²) in [7, 11) is 0. The molecule has 2 aromatic carbocycles. The minimum atomic E-state index is -0.410. The Morgan fingerprint density at radius 2 is 1.73 bits per heavy atom. The number of fused-ring (bicyclic) bond motifs is 1. The van der Waals surface area contributed by atoms with Crippen LogP contribution in [0.15, 0.2) is 64.2 Å². The van der Waals surface area contributed by atoms with Crippen molar-refractivity contribution < 1.29 is 4.79 Å². The summed E-state index contributed by atoms with van der Waals surface area (Å²) < 4.78 is 0. The molecule has 1 amide bonds. The number of thioether (sulfide) groups is 1. The fraction of sp³-hybridized carbons (Fsp3) is 0.217. The summed E-state index contributed by atoms with van der Waals surface area (Å²) in [4.78, 5) is 19.0. The number of amides is 1. The van der Waals surface area contributed by atoms with E-state index in [0.717, 1.165) is 40.5 Å². The minimum Gasteiger partial charge on any atom is -0.372 e. The molecule has 2 heterocycles. The lowest BCUT2D eigenvalue weighted by Gasteiger charge is -2.21. The highest BCUT2D eigenvalue weighted by Crippen LogP contribution is 2.31. The van der Waals surface area contributed by atoms with E-state index >= 15 is 0 Å². The van der Waals surface area contributed by atoms with Gasteiger partial charge in [-0.25, -0.2) is 0 Å². The van der Waals surface area contributed by atoms with Gasteiger partial charge in [0.15, 0.2) is 5.84 Å². The van der Waals surface area contributed by atoms with Gasteiger partial charge in [-0.1, -0.05) is 42.0 Å². The van der Waals surface area contributed by atoms with Crippen LogP contribution in [0.3, 0.4) is 0 Å². The molecule has 0 aliphatic carbocycles. The van der Waals surface area contributed by atoms with Crippen LogP contribution in [0.5, 0.6) is 0 Å². The first kappa shape index (κ1) is 20.1. The first-order chi connectivity index (χ1) is 14.5. The molecule has 0 atom stereocenters. The largest absolute Gasteiger partial charge is 0.372 e. The summed E-state index contributed by atoms with van der Waals surface area (Å²) in [5.74, 6) is -0.362. The number of nitrogens with zero attached hydrogens (tertiary/aromatic N) is 4. The highest BCUT2D eigenvalue weighted by atomic mass is 32.2. The van der Waals surface area contributed by atoms with Crippen LogP contribution in [0.2, 0.25) is 0 Å². The molecule has 1 N–H and O–H groups in total. The summed E-state index contributed by atoms with van der Waals surface area (Å²) in [6.45, 7) is 8.14. The Balaban J connectivity index is 1.60. The third kappa shape index (κ3) is 3.80. The SMILES string of the molecule is CCN(CC)c1ccc(/C=C2/C(=N)N3N=C(c4ccc(C)cc4)SC3=NC2=O)cc1. The third-order valence-corrected chi connectivity index (χ3v) is 6.04. The van der Waals surface area contributed by atoms with E-state index in [1.54, 1.807) is 6.08 Å². The maximum absolute atomic E-state index is 12.6. The van der Waals surface area contributed by atoms with Crippen LogP contribution in [0.25, 0.3) is 6.08 Å². The fourth-order valence-electron chi connectivity index (χ4n) is 3.34. The average molecular weight is 418 g/mol. The van der Waals surface area contributed by atoms with E-state index < -0.39 is 5.91 Å². The lowest BCUT2D eigenvalue weighted by atomic mass is 10.1. The summed E-state index contributed by atoms with van der Waals surface area (Å²) in [6.07, 6.45) is 1.71. The van der Waals surface area contributed by atoms with Gasteiger partial charge in [-0.3, -0.25) is 10.2 Å². The Bertz CT molecular complexity index is 1080. The molecule has 0 fully saturated rings. The molecule has 2 aliphatic rings. The van der Waals surface area contributed by atoms with Gasteiger partial charge in [0.05, 0.1) is 5.57 Å². The second-order valence-corrected chi connectivity index (χ2v) is 8.01. The molecule has 7 heteroatoms. The van der Waals surface area contributed by atoms with Gasteiger partial charge < -0.3 is 4.90 Å². The Morgan fingerprint density at radius 3 is 2.37 bits per heavy atom. The zero-order chi connectivity index (χ0) is 21.3. The first-order valence-electron chi connectivity index (χ1n) is 9.92. The van der Waals surface area contributed by atoms with E-state index in [4.69, 9.17) is 5.41 Å². The molecule has 30 heavy (non-hydrogen) atoms. The molecule has 0 bridgehead atoms. The molecular weight excluding hydrogens is 394 g/mol. The number of nitrogens with one attached hydrogen (secondary N) is 1. The van der Waals surface area contributed by atoms with Gasteiger partial charge in [-0.2, -0.15) is 15.1 Å².